The van der Waals surface area contributed by atoms with Gasteiger partial charge in [-0.2, -0.15) is 4.98 Å². The maximum atomic E-state index is 13.1. The standard InChI is InChI=1S/C22H18N8O5/c1-28-16-15(19(33)29(2)22(28)35)30(10-12-8-5-7-11-6-3-4-9-13(11)12)20(23-16)27-26-14-17(31)24-21(34)25-18(14)32/h3-9H,10H2,1-2H3,(H3,24,25,31,32,34). The van der Waals surface area contributed by atoms with Crippen LogP contribution in [0.15, 0.2) is 71.9 Å². The summed E-state index contributed by atoms with van der Waals surface area (Å²) in [6, 6.07) is 13.4. The number of aromatic hydroxyl groups is 1. The van der Waals surface area contributed by atoms with Crippen LogP contribution in [0.2, 0.25) is 0 Å². The molecule has 0 spiro atoms. The molecule has 0 aliphatic rings. The Morgan fingerprint density at radius 2 is 1.69 bits per heavy atom. The van der Waals surface area contributed by atoms with Crippen molar-refractivity contribution in [3.8, 4) is 5.88 Å². The number of aromatic amines is 2. The zero-order valence-electron chi connectivity index (χ0n) is 18.5. The van der Waals surface area contributed by atoms with Crippen molar-refractivity contribution < 1.29 is 5.11 Å². The lowest BCUT2D eigenvalue weighted by Crippen LogP contribution is -2.37. The van der Waals surface area contributed by atoms with Crippen molar-refractivity contribution >= 4 is 33.6 Å². The fourth-order valence-corrected chi connectivity index (χ4v) is 3.92. The second-order valence-electron chi connectivity index (χ2n) is 7.82. The van der Waals surface area contributed by atoms with Gasteiger partial charge in [0.15, 0.2) is 11.2 Å². The number of imidazole rings is 1. The highest BCUT2D eigenvalue weighted by atomic mass is 16.3. The quantitative estimate of drug-likeness (QED) is 0.329. The average Bonchev–Trinajstić information content (AvgIpc) is 3.19. The summed E-state index contributed by atoms with van der Waals surface area (Å²) < 4.78 is 3.65. The van der Waals surface area contributed by atoms with E-state index in [0.29, 0.717) is 0 Å². The third-order valence-corrected chi connectivity index (χ3v) is 5.67. The lowest BCUT2D eigenvalue weighted by molar-refractivity contribution is 0.450. The number of nitrogens with zero attached hydrogens (tertiary/aromatic N) is 6. The van der Waals surface area contributed by atoms with Gasteiger partial charge in [0.05, 0.1) is 6.54 Å². The number of azo groups is 1. The van der Waals surface area contributed by atoms with Gasteiger partial charge in [-0.1, -0.05) is 42.5 Å². The summed E-state index contributed by atoms with van der Waals surface area (Å²) in [7, 11) is 2.83. The molecule has 3 N–H and O–H groups in total. The molecule has 13 heteroatoms. The van der Waals surface area contributed by atoms with Gasteiger partial charge in [0, 0.05) is 14.1 Å². The second kappa shape index (κ2) is 8.06. The van der Waals surface area contributed by atoms with Crippen molar-refractivity contribution in [3.63, 3.8) is 0 Å². The molecule has 35 heavy (non-hydrogen) atoms. The lowest BCUT2D eigenvalue weighted by Gasteiger charge is -2.10. The van der Waals surface area contributed by atoms with E-state index in [1.165, 1.54) is 23.2 Å². The van der Waals surface area contributed by atoms with Gasteiger partial charge in [0.25, 0.3) is 17.1 Å². The molecule has 3 aromatic heterocycles. The minimum absolute atomic E-state index is 0.0758. The van der Waals surface area contributed by atoms with Crippen LogP contribution >= 0.6 is 0 Å². The third kappa shape index (κ3) is 3.55. The van der Waals surface area contributed by atoms with E-state index in [2.05, 4.69) is 15.2 Å². The van der Waals surface area contributed by atoms with Crippen LogP contribution in [0.25, 0.3) is 21.9 Å². The van der Waals surface area contributed by atoms with E-state index in [9.17, 15) is 24.3 Å². The van der Waals surface area contributed by atoms with Crippen LogP contribution in [-0.4, -0.2) is 33.8 Å². The molecule has 13 nitrogen and oxygen atoms in total. The molecule has 0 bridgehead atoms. The Balaban J connectivity index is 1.78. The molecule has 5 rings (SSSR count). The molecule has 0 atom stereocenters. The highest BCUT2D eigenvalue weighted by molar-refractivity contribution is 5.86. The number of hydrogen-bond donors (Lipinski definition) is 3. The number of H-pyrrole nitrogens is 2. The van der Waals surface area contributed by atoms with Crippen molar-refractivity contribution in [1.29, 1.82) is 0 Å². The minimum atomic E-state index is -0.963. The van der Waals surface area contributed by atoms with Gasteiger partial charge in [0.2, 0.25) is 11.6 Å². The SMILES string of the molecule is Cn1c(=O)c2c(nc(N=Nc3c(O)[nH]c(=O)[nH]c3=O)n2Cc2cccc3ccccc23)n(C)c1=O. The third-order valence-electron chi connectivity index (χ3n) is 5.67. The highest BCUT2D eigenvalue weighted by Crippen LogP contribution is 2.26. The molecule has 3 heterocycles. The number of fused-ring (bicyclic) bond motifs is 2. The number of hydrogen-bond acceptors (Lipinski definition) is 8. The van der Waals surface area contributed by atoms with Gasteiger partial charge in [-0.05, 0) is 16.3 Å². The highest BCUT2D eigenvalue weighted by Gasteiger charge is 2.20. The fraction of sp³-hybridized carbons (Fsp3) is 0.136. The Kier molecular flexibility index (Phi) is 5.01. The zero-order valence-corrected chi connectivity index (χ0v) is 18.5. The van der Waals surface area contributed by atoms with Crippen molar-refractivity contribution in [2.75, 3.05) is 0 Å². The summed E-state index contributed by atoms with van der Waals surface area (Å²) in [4.78, 5) is 57.2. The first kappa shape index (κ1) is 21.8. The number of benzene rings is 2. The minimum Gasteiger partial charge on any atom is -0.493 e. The molecule has 0 saturated carbocycles. The molecule has 0 amide bonds. The molecular weight excluding hydrogens is 456 g/mol. The van der Waals surface area contributed by atoms with Gasteiger partial charge in [0.1, 0.15) is 0 Å². The van der Waals surface area contributed by atoms with Crippen molar-refractivity contribution in [3.05, 3.63) is 89.7 Å². The first-order chi connectivity index (χ1) is 16.8. The normalized spacial score (nSPS) is 11.7. The van der Waals surface area contributed by atoms with Crippen LogP contribution in [0.4, 0.5) is 11.6 Å². The molecule has 0 saturated heterocycles. The second-order valence-corrected chi connectivity index (χ2v) is 7.82. The molecule has 0 aliphatic heterocycles. The smallest absolute Gasteiger partial charge is 0.332 e. The summed E-state index contributed by atoms with van der Waals surface area (Å²) in [5, 5.41) is 19.6. The Morgan fingerprint density at radius 1 is 0.943 bits per heavy atom. The van der Waals surface area contributed by atoms with Crippen molar-refractivity contribution in [2.45, 2.75) is 6.54 Å². The van der Waals surface area contributed by atoms with E-state index in [1.54, 1.807) is 0 Å². The maximum absolute atomic E-state index is 13.1. The van der Waals surface area contributed by atoms with E-state index in [0.717, 1.165) is 20.9 Å². The summed E-state index contributed by atoms with van der Waals surface area (Å²) in [5.74, 6) is -0.862. The molecule has 0 fully saturated rings. The first-order valence-corrected chi connectivity index (χ1v) is 10.4. The Labute approximate surface area is 194 Å². The number of aryl methyl sites for hydroxylation is 1. The number of aromatic nitrogens is 6. The van der Waals surface area contributed by atoms with Gasteiger partial charge in [-0.3, -0.25) is 33.3 Å². The summed E-state index contributed by atoms with van der Waals surface area (Å²) >= 11 is 0. The van der Waals surface area contributed by atoms with Crippen LogP contribution < -0.4 is 22.5 Å². The van der Waals surface area contributed by atoms with Gasteiger partial charge < -0.3 is 5.11 Å². The van der Waals surface area contributed by atoms with Gasteiger partial charge >= 0.3 is 11.4 Å². The average molecular weight is 474 g/mol. The summed E-state index contributed by atoms with van der Waals surface area (Å²) in [6.45, 7) is 0.146. The Bertz CT molecular complexity index is 1900. The predicted molar refractivity (Wildman–Crippen MR) is 127 cm³/mol. The Hall–Kier alpha value is -5.07. The van der Waals surface area contributed by atoms with Crippen LogP contribution in [0, 0.1) is 0 Å². The van der Waals surface area contributed by atoms with E-state index in [-0.39, 0.29) is 23.7 Å². The molecule has 176 valence electrons. The Morgan fingerprint density at radius 3 is 2.46 bits per heavy atom. The zero-order chi connectivity index (χ0) is 24.9. The summed E-state index contributed by atoms with van der Waals surface area (Å²) in [6.07, 6.45) is 0. The van der Waals surface area contributed by atoms with E-state index >= 15 is 0 Å². The van der Waals surface area contributed by atoms with Crippen molar-refractivity contribution in [2.24, 2.45) is 24.3 Å². The largest absolute Gasteiger partial charge is 0.493 e. The number of nitrogens with one attached hydrogen (secondary N) is 2. The molecule has 0 aliphatic carbocycles. The predicted octanol–water partition coefficient (Wildman–Crippen LogP) is 1.13. The van der Waals surface area contributed by atoms with Gasteiger partial charge in [-0.25, -0.2) is 9.59 Å². The fourth-order valence-electron chi connectivity index (χ4n) is 3.92. The summed E-state index contributed by atoms with van der Waals surface area (Å²) in [5.41, 5.74) is -2.54. The molecule has 5 aromatic rings. The molecule has 0 unspecified atom stereocenters. The monoisotopic (exact) mass is 474 g/mol. The molecular formula is C22H18N8O5. The molecule has 0 radical (unpaired) electrons. The first-order valence-electron chi connectivity index (χ1n) is 10.4. The topological polar surface area (TPSA) is 172 Å². The van der Waals surface area contributed by atoms with E-state index in [1.807, 2.05) is 52.4 Å². The van der Waals surface area contributed by atoms with Crippen LogP contribution in [0.1, 0.15) is 5.56 Å². The van der Waals surface area contributed by atoms with Crippen molar-refractivity contribution in [1.82, 2.24) is 28.7 Å². The van der Waals surface area contributed by atoms with Crippen LogP contribution in [-0.2, 0) is 20.6 Å². The van der Waals surface area contributed by atoms with E-state index < -0.39 is 34.1 Å². The lowest BCUT2D eigenvalue weighted by atomic mass is 10.0. The van der Waals surface area contributed by atoms with Gasteiger partial charge in [-0.15, -0.1) is 10.2 Å². The van der Waals surface area contributed by atoms with E-state index in [4.69, 9.17) is 0 Å². The van der Waals surface area contributed by atoms with Crippen LogP contribution in [0.5, 0.6) is 5.88 Å². The van der Waals surface area contributed by atoms with Crippen LogP contribution in [0.3, 0.4) is 0 Å². The molecule has 2 aromatic carbocycles. The maximum Gasteiger partial charge on any atom is 0.332 e. The number of rotatable bonds is 4.